The van der Waals surface area contributed by atoms with Crippen molar-refractivity contribution >= 4 is 30.0 Å². The summed E-state index contributed by atoms with van der Waals surface area (Å²) in [4.78, 5) is 20.5. The van der Waals surface area contributed by atoms with E-state index in [2.05, 4.69) is 4.37 Å². The molecule has 76 valence electrons. The maximum Gasteiger partial charge on any atom is 0.414 e. The zero-order valence-corrected chi connectivity index (χ0v) is 8.19. The molecule has 0 unspecified atom stereocenters. The smallest absolute Gasteiger partial charge is 0.414 e. The monoisotopic (exact) mass is 223 g/mol. The highest BCUT2D eigenvalue weighted by atomic mass is 32.1. The second-order valence-corrected chi connectivity index (χ2v) is 3.26. The van der Waals surface area contributed by atoms with Gasteiger partial charge in [0.25, 0.3) is 0 Å². The summed E-state index contributed by atoms with van der Waals surface area (Å²) in [7, 11) is 0. The lowest BCUT2D eigenvalue weighted by atomic mass is 10.4. The molecule has 0 N–H and O–H groups in total. The zero-order valence-electron chi connectivity index (χ0n) is 7.38. The first kappa shape index (κ1) is 9.60. The van der Waals surface area contributed by atoms with Crippen LogP contribution in [0.1, 0.15) is 22.2 Å². The van der Waals surface area contributed by atoms with E-state index in [0.29, 0.717) is 12.0 Å². The third-order valence-corrected chi connectivity index (χ3v) is 2.06. The van der Waals surface area contributed by atoms with Crippen molar-refractivity contribution in [3.63, 3.8) is 0 Å². The molecule has 0 aromatic carbocycles. The summed E-state index contributed by atoms with van der Waals surface area (Å²) in [5.74, 6) is 0.955. The molecule has 2 heterocycles. The first-order valence-corrected chi connectivity index (χ1v) is 4.75. The van der Waals surface area contributed by atoms with Crippen molar-refractivity contribution in [3.05, 3.63) is 39.3 Å². The summed E-state index contributed by atoms with van der Waals surface area (Å²) in [5.41, 5.74) is 0. The predicted octanol–water partition coefficient (Wildman–Crippen LogP) is 1.67. The summed E-state index contributed by atoms with van der Waals surface area (Å²) >= 11 is 0.739. The molecule has 2 aromatic rings. The minimum Gasteiger partial charge on any atom is -0.454 e. The Morgan fingerprint density at radius 1 is 1.20 bits per heavy atom. The molecular formula is C9H5NO4S. The van der Waals surface area contributed by atoms with Crippen molar-refractivity contribution in [3.8, 4) is 0 Å². The van der Waals surface area contributed by atoms with Gasteiger partial charge in [-0.15, -0.1) is 4.37 Å². The summed E-state index contributed by atoms with van der Waals surface area (Å²) < 4.78 is 13.5. The molecule has 6 heteroatoms. The molecule has 0 atom stereocenters. The SMILES string of the molecule is O=Cc1ccc(/C=C/c2nsc(=O)o2)o1. The maximum absolute atomic E-state index is 10.6. The van der Waals surface area contributed by atoms with Crippen LogP contribution in [0.15, 0.2) is 25.8 Å². The minimum absolute atomic E-state index is 0.217. The molecule has 0 aliphatic carbocycles. The van der Waals surface area contributed by atoms with E-state index < -0.39 is 4.94 Å². The molecule has 0 amide bonds. The lowest BCUT2D eigenvalue weighted by Crippen LogP contribution is -1.80. The number of hydrogen-bond acceptors (Lipinski definition) is 6. The zero-order chi connectivity index (χ0) is 10.7. The van der Waals surface area contributed by atoms with E-state index in [1.165, 1.54) is 6.08 Å². The molecule has 2 aromatic heterocycles. The van der Waals surface area contributed by atoms with Gasteiger partial charge in [0.1, 0.15) is 5.76 Å². The Balaban J connectivity index is 2.17. The van der Waals surface area contributed by atoms with Gasteiger partial charge < -0.3 is 8.83 Å². The standard InChI is InChI=1S/C9H5NO4S/c11-5-7-2-1-6(13-7)3-4-8-10-15-9(12)14-8/h1-5H/b4-3+. The van der Waals surface area contributed by atoms with Gasteiger partial charge in [-0.1, -0.05) is 0 Å². The molecule has 5 nitrogen and oxygen atoms in total. The molecule has 0 spiro atoms. The van der Waals surface area contributed by atoms with E-state index in [9.17, 15) is 9.59 Å². The van der Waals surface area contributed by atoms with Crippen molar-refractivity contribution in [1.82, 2.24) is 4.37 Å². The van der Waals surface area contributed by atoms with Gasteiger partial charge in [-0.25, -0.2) is 4.79 Å². The highest BCUT2D eigenvalue weighted by Gasteiger charge is 1.99. The number of carbonyl (C=O) groups excluding carboxylic acids is 1. The fraction of sp³-hybridized carbons (Fsp3) is 0. The maximum atomic E-state index is 10.6. The van der Waals surface area contributed by atoms with Crippen LogP contribution in [0.3, 0.4) is 0 Å². The van der Waals surface area contributed by atoms with Crippen LogP contribution in [0.25, 0.3) is 12.2 Å². The Kier molecular flexibility index (Phi) is 2.59. The van der Waals surface area contributed by atoms with E-state index in [-0.39, 0.29) is 11.7 Å². The van der Waals surface area contributed by atoms with Gasteiger partial charge in [0.05, 0.1) is 11.5 Å². The fourth-order valence-electron chi connectivity index (χ4n) is 0.944. The molecular weight excluding hydrogens is 218 g/mol. The Bertz CT molecular complexity index is 548. The number of hydrogen-bond donors (Lipinski definition) is 0. The molecule has 15 heavy (non-hydrogen) atoms. The molecule has 0 saturated heterocycles. The second kappa shape index (κ2) is 4.05. The predicted molar refractivity (Wildman–Crippen MR) is 53.7 cm³/mol. The Labute approximate surface area is 87.8 Å². The van der Waals surface area contributed by atoms with Crippen molar-refractivity contribution in [2.45, 2.75) is 0 Å². The average molecular weight is 223 g/mol. The highest BCUT2D eigenvalue weighted by molar-refractivity contribution is 7.02. The Hall–Kier alpha value is -1.95. The van der Waals surface area contributed by atoms with Crippen LogP contribution in [0.4, 0.5) is 0 Å². The van der Waals surface area contributed by atoms with Crippen LogP contribution in [0, 0.1) is 0 Å². The molecule has 0 radical (unpaired) electrons. The normalized spacial score (nSPS) is 10.9. The van der Waals surface area contributed by atoms with E-state index in [1.54, 1.807) is 18.2 Å². The van der Waals surface area contributed by atoms with E-state index >= 15 is 0 Å². The molecule has 0 fully saturated rings. The van der Waals surface area contributed by atoms with Gasteiger partial charge in [0.2, 0.25) is 5.89 Å². The van der Waals surface area contributed by atoms with Gasteiger partial charge in [0, 0.05) is 6.08 Å². The van der Waals surface area contributed by atoms with Crippen molar-refractivity contribution in [1.29, 1.82) is 0 Å². The Morgan fingerprint density at radius 3 is 2.60 bits per heavy atom. The van der Waals surface area contributed by atoms with Crippen LogP contribution in [0.2, 0.25) is 0 Å². The summed E-state index contributed by atoms with van der Waals surface area (Å²) in [6.07, 6.45) is 3.66. The number of aromatic nitrogens is 1. The second-order valence-electron chi connectivity index (χ2n) is 2.56. The van der Waals surface area contributed by atoms with Gasteiger partial charge in [-0.3, -0.25) is 4.79 Å². The van der Waals surface area contributed by atoms with Gasteiger partial charge in [-0.05, 0) is 18.2 Å². The van der Waals surface area contributed by atoms with Crippen molar-refractivity contribution < 1.29 is 13.6 Å². The van der Waals surface area contributed by atoms with Crippen LogP contribution < -0.4 is 4.94 Å². The molecule has 0 saturated carbocycles. The Morgan fingerprint density at radius 2 is 2.00 bits per heavy atom. The van der Waals surface area contributed by atoms with E-state index in [4.69, 9.17) is 8.83 Å². The number of nitrogens with zero attached hydrogens (tertiary/aromatic N) is 1. The number of carbonyl (C=O) groups is 1. The number of rotatable bonds is 3. The molecule has 0 aliphatic rings. The topological polar surface area (TPSA) is 73.3 Å². The van der Waals surface area contributed by atoms with Crippen LogP contribution in [-0.4, -0.2) is 10.7 Å². The quantitative estimate of drug-likeness (QED) is 0.740. The van der Waals surface area contributed by atoms with Crippen LogP contribution in [0.5, 0.6) is 0 Å². The van der Waals surface area contributed by atoms with Crippen molar-refractivity contribution in [2.24, 2.45) is 0 Å². The third-order valence-electron chi connectivity index (χ3n) is 1.55. The van der Waals surface area contributed by atoms with Gasteiger partial charge in [-0.2, -0.15) is 0 Å². The summed E-state index contributed by atoms with van der Waals surface area (Å²) in [6, 6.07) is 3.18. The first-order chi connectivity index (χ1) is 7.28. The molecule has 2 rings (SSSR count). The lowest BCUT2D eigenvalue weighted by molar-refractivity contribution is 0.110. The number of furan rings is 1. The van der Waals surface area contributed by atoms with Crippen LogP contribution >= 0.6 is 11.5 Å². The molecule has 0 aliphatic heterocycles. The first-order valence-electron chi connectivity index (χ1n) is 3.98. The van der Waals surface area contributed by atoms with Crippen LogP contribution in [-0.2, 0) is 0 Å². The minimum atomic E-state index is -0.456. The highest BCUT2D eigenvalue weighted by Crippen LogP contribution is 2.09. The van der Waals surface area contributed by atoms with E-state index in [0.717, 1.165) is 11.5 Å². The van der Waals surface area contributed by atoms with Gasteiger partial charge in [0.15, 0.2) is 12.0 Å². The number of aldehydes is 1. The van der Waals surface area contributed by atoms with Crippen molar-refractivity contribution in [2.75, 3.05) is 0 Å². The van der Waals surface area contributed by atoms with E-state index in [1.807, 2.05) is 0 Å². The third kappa shape index (κ3) is 2.29. The average Bonchev–Trinajstić information content (AvgIpc) is 2.83. The summed E-state index contributed by atoms with van der Waals surface area (Å²) in [5, 5.41) is 0. The molecule has 0 bridgehead atoms. The lowest BCUT2D eigenvalue weighted by Gasteiger charge is -1.82. The summed E-state index contributed by atoms with van der Waals surface area (Å²) in [6.45, 7) is 0. The van der Waals surface area contributed by atoms with Gasteiger partial charge >= 0.3 is 4.94 Å². The fourth-order valence-corrected chi connectivity index (χ4v) is 1.33. The largest absolute Gasteiger partial charge is 0.454 e.